The number of anilines is 3. The predicted octanol–water partition coefficient (Wildman–Crippen LogP) is 7.44. The van der Waals surface area contributed by atoms with Crippen molar-refractivity contribution in [3.63, 3.8) is 0 Å². The van der Waals surface area contributed by atoms with Gasteiger partial charge in [-0.1, -0.05) is 47.7 Å². The van der Waals surface area contributed by atoms with Crippen LogP contribution in [-0.2, 0) is 4.74 Å². The largest absolute Gasteiger partial charge is 0.381 e. The molecular weight excluding hydrogens is 678 g/mol. The van der Waals surface area contributed by atoms with Gasteiger partial charge >= 0.3 is 0 Å². The monoisotopic (exact) mass is 717 g/mol. The highest BCUT2D eigenvalue weighted by molar-refractivity contribution is 8.09. The van der Waals surface area contributed by atoms with Gasteiger partial charge in [0.15, 0.2) is 0 Å². The van der Waals surface area contributed by atoms with Gasteiger partial charge in [-0.05, 0) is 87.2 Å². The first kappa shape index (κ1) is 34.1. The molecule has 2 N–H and O–H groups in total. The summed E-state index contributed by atoms with van der Waals surface area (Å²) in [7, 11) is 0. The zero-order valence-electron chi connectivity index (χ0n) is 29.2. The second kappa shape index (κ2) is 13.5. The molecule has 3 aromatic carbocycles. The highest BCUT2D eigenvalue weighted by Gasteiger charge is 2.45. The number of nitrogens with zero attached hydrogens (tertiary/aromatic N) is 3. The summed E-state index contributed by atoms with van der Waals surface area (Å²) in [5.74, 6) is -0.698. The van der Waals surface area contributed by atoms with Crippen molar-refractivity contribution in [2.24, 2.45) is 5.41 Å². The Kier molecular flexibility index (Phi) is 8.87. The van der Waals surface area contributed by atoms with Gasteiger partial charge in [0.05, 0.1) is 21.7 Å². The summed E-state index contributed by atoms with van der Waals surface area (Å²) in [5, 5.41) is 6.08. The number of carbonyl (C=O) groups is 3. The summed E-state index contributed by atoms with van der Waals surface area (Å²) in [6, 6.07) is 22.7. The molecule has 5 heterocycles. The number of rotatable bonds is 6. The van der Waals surface area contributed by atoms with Gasteiger partial charge in [-0.3, -0.25) is 14.4 Å². The Morgan fingerprint density at radius 1 is 0.923 bits per heavy atom. The van der Waals surface area contributed by atoms with E-state index in [1.54, 1.807) is 59.3 Å². The minimum Gasteiger partial charge on any atom is -0.381 e. The van der Waals surface area contributed by atoms with Gasteiger partial charge in [-0.2, -0.15) is 0 Å². The van der Waals surface area contributed by atoms with Gasteiger partial charge in [-0.25, -0.2) is 9.37 Å². The van der Waals surface area contributed by atoms with Crippen molar-refractivity contribution in [1.29, 1.82) is 0 Å². The Morgan fingerprint density at radius 2 is 1.65 bits per heavy atom. The summed E-state index contributed by atoms with van der Waals surface area (Å²) < 4.78 is 19.9. The second-order valence-electron chi connectivity index (χ2n) is 14.5. The van der Waals surface area contributed by atoms with Crippen molar-refractivity contribution < 1.29 is 23.5 Å². The molecule has 4 aliphatic rings. The van der Waals surface area contributed by atoms with Crippen LogP contribution < -0.4 is 20.4 Å². The van der Waals surface area contributed by atoms with Gasteiger partial charge in [0.2, 0.25) is 0 Å². The molecule has 9 nitrogen and oxygen atoms in total. The van der Waals surface area contributed by atoms with Crippen LogP contribution in [0.15, 0.2) is 90.6 Å². The Bertz CT molecular complexity index is 2110. The number of thioether (sulfide) groups is 1. The molecule has 1 spiro atoms. The second-order valence-corrected chi connectivity index (χ2v) is 16.0. The van der Waals surface area contributed by atoms with Crippen molar-refractivity contribution in [2.45, 2.75) is 44.4 Å². The maximum absolute atomic E-state index is 14.4. The molecule has 8 rings (SSSR count). The van der Waals surface area contributed by atoms with E-state index >= 15 is 0 Å². The van der Waals surface area contributed by atoms with Crippen molar-refractivity contribution in [3.8, 4) is 0 Å². The maximum Gasteiger partial charge on any atom is 0.259 e. The average Bonchev–Trinajstić information content (AvgIpc) is 3.39. The molecule has 1 unspecified atom stereocenters. The fraction of sp³-hybridized carbons (Fsp3) is 0.317. The molecule has 0 saturated carbocycles. The summed E-state index contributed by atoms with van der Waals surface area (Å²) in [4.78, 5) is 49.8. The zero-order chi connectivity index (χ0) is 36.0. The molecule has 0 radical (unpaired) electrons. The van der Waals surface area contributed by atoms with E-state index < -0.39 is 16.6 Å². The van der Waals surface area contributed by atoms with Gasteiger partial charge in [0, 0.05) is 72.6 Å². The van der Waals surface area contributed by atoms with Crippen molar-refractivity contribution in [1.82, 2.24) is 10.3 Å². The number of ether oxygens (including phenoxy) is 1. The number of aromatic nitrogens is 1. The first-order valence-electron chi connectivity index (χ1n) is 17.7. The molecular formula is C41H40FN5O4S. The van der Waals surface area contributed by atoms with E-state index in [9.17, 15) is 18.8 Å². The van der Waals surface area contributed by atoms with E-state index in [0.717, 1.165) is 66.4 Å². The predicted molar refractivity (Wildman–Crippen MR) is 202 cm³/mol. The molecule has 4 aromatic rings. The van der Waals surface area contributed by atoms with Crippen molar-refractivity contribution in [3.05, 3.63) is 124 Å². The van der Waals surface area contributed by atoms with E-state index in [1.807, 2.05) is 44.2 Å². The van der Waals surface area contributed by atoms with Crippen molar-refractivity contribution >= 4 is 51.6 Å². The number of aryl methyl sites for hydroxylation is 1. The van der Waals surface area contributed by atoms with Crippen LogP contribution in [0.1, 0.15) is 74.8 Å². The maximum atomic E-state index is 14.4. The van der Waals surface area contributed by atoms with Crippen LogP contribution in [0.3, 0.4) is 0 Å². The minimum absolute atomic E-state index is 0.0152. The van der Waals surface area contributed by atoms with E-state index in [2.05, 4.69) is 20.5 Å². The van der Waals surface area contributed by atoms with Gasteiger partial charge in [0.25, 0.3) is 17.7 Å². The lowest BCUT2D eigenvalue weighted by atomic mass is 9.73. The van der Waals surface area contributed by atoms with E-state index in [-0.39, 0.29) is 22.8 Å². The molecule has 266 valence electrons. The zero-order valence-corrected chi connectivity index (χ0v) is 30.0. The first-order chi connectivity index (χ1) is 25.1. The summed E-state index contributed by atoms with van der Waals surface area (Å²) in [6.07, 6.45) is 5.06. The molecule has 0 aliphatic carbocycles. The van der Waals surface area contributed by atoms with Crippen molar-refractivity contribution in [2.75, 3.05) is 48.0 Å². The van der Waals surface area contributed by atoms with Gasteiger partial charge in [0.1, 0.15) is 11.6 Å². The summed E-state index contributed by atoms with van der Waals surface area (Å²) >= 11 is 1.55. The Hall–Kier alpha value is -5.00. The first-order valence-corrected chi connectivity index (χ1v) is 18.5. The normalized spacial score (nSPS) is 20.4. The molecule has 11 heteroatoms. The molecule has 1 aromatic heterocycles. The number of benzene rings is 3. The highest BCUT2D eigenvalue weighted by atomic mass is 32.2. The lowest BCUT2D eigenvalue weighted by molar-refractivity contribution is -0.000511. The molecule has 1 atom stereocenters. The Morgan fingerprint density at radius 3 is 2.42 bits per heavy atom. The van der Waals surface area contributed by atoms with E-state index in [4.69, 9.17) is 4.74 Å². The number of para-hydroxylation sites is 1. The van der Waals surface area contributed by atoms with Crippen LogP contribution in [0, 0.1) is 18.2 Å². The third-order valence-electron chi connectivity index (χ3n) is 10.6. The standard InChI is InChI=1S/C41H40FN5O4S/c1-26-21-32(36(43-23-26)46-24-41(25-46)16-19-51-20-17-41)37(48)44-29-13-11-27(12-14-29)39(50)47-18-15-28-22-40(2,45-38(49)30-7-3-5-9-33(30)42)52-35(28)31-8-4-6-10-34(31)47/h3-14,21,23H,15-20,22,24-25H2,1-2H3,(H,44,48)(H,45,49). The van der Waals surface area contributed by atoms with Crippen LogP contribution in [-0.4, -0.2) is 60.4 Å². The molecule has 2 saturated heterocycles. The smallest absolute Gasteiger partial charge is 0.259 e. The van der Waals surface area contributed by atoms with Gasteiger partial charge < -0.3 is 25.2 Å². The number of carbonyl (C=O) groups excluding carboxylic acids is 3. The molecule has 2 fully saturated rings. The summed E-state index contributed by atoms with van der Waals surface area (Å²) in [6.45, 7) is 7.64. The van der Waals surface area contributed by atoms with Crippen LogP contribution in [0.25, 0.3) is 4.91 Å². The minimum atomic E-state index is -0.666. The Labute approximate surface area is 306 Å². The van der Waals surface area contributed by atoms with Crippen LogP contribution in [0.2, 0.25) is 0 Å². The topological polar surface area (TPSA) is 104 Å². The number of fused-ring (bicyclic) bond motifs is 2. The lowest BCUT2D eigenvalue weighted by Gasteiger charge is -2.53. The number of pyridine rings is 1. The fourth-order valence-corrected chi connectivity index (χ4v) is 9.28. The van der Waals surface area contributed by atoms with Crippen LogP contribution >= 0.6 is 11.8 Å². The number of hydrogen-bond donors (Lipinski definition) is 2. The van der Waals surface area contributed by atoms with E-state index in [0.29, 0.717) is 42.0 Å². The average molecular weight is 718 g/mol. The number of amides is 3. The van der Waals surface area contributed by atoms with Crippen LogP contribution in [0.5, 0.6) is 0 Å². The molecule has 3 amide bonds. The quantitative estimate of drug-likeness (QED) is 0.214. The molecule has 0 bridgehead atoms. The number of hydrogen-bond acceptors (Lipinski definition) is 7. The Balaban J connectivity index is 0.956. The van der Waals surface area contributed by atoms with E-state index in [1.165, 1.54) is 12.1 Å². The SMILES string of the molecule is Cc1cnc(N2CC3(CCOCC3)C2)c(C(=O)Nc2ccc(C(=O)N3CCC4=C(SC(C)(NC(=O)c5ccccc5F)C4)c4ccccc43)cc2)c1. The highest BCUT2D eigenvalue weighted by Crippen LogP contribution is 2.54. The fourth-order valence-electron chi connectivity index (χ4n) is 7.84. The van der Waals surface area contributed by atoms with Crippen LogP contribution in [0.4, 0.5) is 21.6 Å². The summed E-state index contributed by atoms with van der Waals surface area (Å²) in [5.41, 5.74) is 5.65. The third kappa shape index (κ3) is 6.47. The lowest BCUT2D eigenvalue weighted by Crippen LogP contribution is -2.59. The molecule has 4 aliphatic heterocycles. The molecule has 52 heavy (non-hydrogen) atoms. The van der Waals surface area contributed by atoms with Gasteiger partial charge in [-0.15, -0.1) is 0 Å². The third-order valence-corrected chi connectivity index (χ3v) is 12.0. The number of halogens is 1. The number of nitrogens with one attached hydrogen (secondary N) is 2.